The minimum absolute atomic E-state index is 0.340. The Morgan fingerprint density at radius 3 is 2.45 bits per heavy atom. The standard InChI is InChI=1S/C15H17ClN2O2/c16-13-9-12(6-5-11(13)10-17)18-15(14(19)20)7-3-1-2-4-8-15/h5-6,9,18H,1-4,7-8H2,(H,19,20). The van der Waals surface area contributed by atoms with Crippen molar-refractivity contribution in [2.24, 2.45) is 0 Å². The molecule has 1 saturated carbocycles. The highest BCUT2D eigenvalue weighted by Crippen LogP contribution is 2.32. The zero-order chi connectivity index (χ0) is 14.6. The molecule has 0 bridgehead atoms. The lowest BCUT2D eigenvalue weighted by Gasteiger charge is -2.30. The van der Waals surface area contributed by atoms with E-state index in [4.69, 9.17) is 16.9 Å². The molecular formula is C15H17ClN2O2. The predicted octanol–water partition coefficient (Wildman–Crippen LogP) is 3.80. The molecule has 5 heteroatoms. The molecule has 1 aromatic rings. The fourth-order valence-electron chi connectivity index (χ4n) is 2.68. The number of aliphatic carboxylic acids is 1. The van der Waals surface area contributed by atoms with Crippen molar-refractivity contribution in [2.75, 3.05) is 5.32 Å². The van der Waals surface area contributed by atoms with Crippen molar-refractivity contribution in [3.63, 3.8) is 0 Å². The maximum atomic E-state index is 11.7. The number of hydrogen-bond donors (Lipinski definition) is 2. The van der Waals surface area contributed by atoms with Crippen LogP contribution in [0.25, 0.3) is 0 Å². The molecule has 4 nitrogen and oxygen atoms in total. The number of carboxylic acids is 1. The van der Waals surface area contributed by atoms with E-state index in [1.165, 1.54) is 0 Å². The summed E-state index contributed by atoms with van der Waals surface area (Å²) in [5.41, 5.74) is 0.120. The van der Waals surface area contributed by atoms with E-state index in [9.17, 15) is 9.90 Å². The summed E-state index contributed by atoms with van der Waals surface area (Å²) in [7, 11) is 0. The fraction of sp³-hybridized carbons (Fsp3) is 0.467. The minimum atomic E-state index is -0.923. The van der Waals surface area contributed by atoms with Crippen molar-refractivity contribution in [3.8, 4) is 6.07 Å². The van der Waals surface area contributed by atoms with Gasteiger partial charge in [-0.15, -0.1) is 0 Å². The topological polar surface area (TPSA) is 73.1 Å². The zero-order valence-corrected chi connectivity index (χ0v) is 11.9. The molecule has 20 heavy (non-hydrogen) atoms. The molecule has 0 saturated heterocycles. The van der Waals surface area contributed by atoms with Crippen LogP contribution in [0, 0.1) is 11.3 Å². The van der Waals surface area contributed by atoms with E-state index in [1.807, 2.05) is 6.07 Å². The van der Waals surface area contributed by atoms with E-state index < -0.39 is 11.5 Å². The molecule has 2 N–H and O–H groups in total. The molecule has 0 amide bonds. The normalized spacial score (nSPS) is 17.8. The largest absolute Gasteiger partial charge is 0.480 e. The van der Waals surface area contributed by atoms with Gasteiger partial charge in [-0.2, -0.15) is 5.26 Å². The number of rotatable bonds is 3. The van der Waals surface area contributed by atoms with E-state index in [-0.39, 0.29) is 0 Å². The van der Waals surface area contributed by atoms with Gasteiger partial charge in [0.2, 0.25) is 0 Å². The van der Waals surface area contributed by atoms with Crippen molar-refractivity contribution in [1.82, 2.24) is 0 Å². The van der Waals surface area contributed by atoms with Gasteiger partial charge in [-0.05, 0) is 31.0 Å². The SMILES string of the molecule is N#Cc1ccc(NC2(C(=O)O)CCCCCC2)cc1Cl. The molecule has 0 radical (unpaired) electrons. The van der Waals surface area contributed by atoms with Crippen molar-refractivity contribution >= 4 is 23.3 Å². The van der Waals surface area contributed by atoms with Crippen LogP contribution in [0.5, 0.6) is 0 Å². The van der Waals surface area contributed by atoms with Gasteiger partial charge in [-0.3, -0.25) is 0 Å². The Hall–Kier alpha value is -1.73. The third-order valence-corrected chi connectivity index (χ3v) is 4.15. The molecular weight excluding hydrogens is 276 g/mol. The maximum Gasteiger partial charge on any atom is 0.329 e. The molecule has 0 heterocycles. The van der Waals surface area contributed by atoms with Gasteiger partial charge in [0.25, 0.3) is 0 Å². The molecule has 106 valence electrons. The molecule has 0 aromatic heterocycles. The lowest BCUT2D eigenvalue weighted by atomic mass is 9.90. The third kappa shape index (κ3) is 3.05. The monoisotopic (exact) mass is 292 g/mol. The van der Waals surface area contributed by atoms with Gasteiger partial charge in [-0.1, -0.05) is 37.3 Å². The third-order valence-electron chi connectivity index (χ3n) is 3.84. The van der Waals surface area contributed by atoms with Crippen molar-refractivity contribution in [3.05, 3.63) is 28.8 Å². The number of nitrogens with one attached hydrogen (secondary N) is 1. The van der Waals surface area contributed by atoms with Crippen LogP contribution in [0.15, 0.2) is 18.2 Å². The summed E-state index contributed by atoms with van der Waals surface area (Å²) < 4.78 is 0. The van der Waals surface area contributed by atoms with E-state index in [0.717, 1.165) is 25.7 Å². The van der Waals surface area contributed by atoms with Gasteiger partial charge in [0.1, 0.15) is 11.6 Å². The van der Waals surface area contributed by atoms with Crippen LogP contribution in [-0.2, 0) is 4.79 Å². The van der Waals surface area contributed by atoms with Crippen LogP contribution < -0.4 is 5.32 Å². The molecule has 1 aliphatic carbocycles. The van der Waals surface area contributed by atoms with Crippen LogP contribution in [0.4, 0.5) is 5.69 Å². The summed E-state index contributed by atoms with van der Waals surface area (Å²) in [4.78, 5) is 11.7. The molecule has 0 unspecified atom stereocenters. The van der Waals surface area contributed by atoms with E-state index in [2.05, 4.69) is 5.32 Å². The number of nitrogens with zero attached hydrogens (tertiary/aromatic N) is 1. The minimum Gasteiger partial charge on any atom is -0.480 e. The average Bonchev–Trinajstić information content (AvgIpc) is 2.65. The number of carbonyl (C=O) groups is 1. The van der Waals surface area contributed by atoms with Crippen LogP contribution in [-0.4, -0.2) is 16.6 Å². The highest BCUT2D eigenvalue weighted by atomic mass is 35.5. The molecule has 2 rings (SSSR count). The van der Waals surface area contributed by atoms with Gasteiger partial charge in [0.15, 0.2) is 0 Å². The highest BCUT2D eigenvalue weighted by Gasteiger charge is 2.38. The number of anilines is 1. The maximum absolute atomic E-state index is 11.7. The number of halogens is 1. The highest BCUT2D eigenvalue weighted by molar-refractivity contribution is 6.32. The second kappa shape index (κ2) is 6.15. The molecule has 0 atom stereocenters. The van der Waals surface area contributed by atoms with E-state index in [0.29, 0.717) is 29.1 Å². The Morgan fingerprint density at radius 1 is 1.30 bits per heavy atom. The second-order valence-electron chi connectivity index (χ2n) is 5.23. The van der Waals surface area contributed by atoms with Crippen molar-refractivity contribution in [1.29, 1.82) is 5.26 Å². The molecule has 0 aliphatic heterocycles. The first-order valence-corrected chi connectivity index (χ1v) is 7.16. The summed E-state index contributed by atoms with van der Waals surface area (Å²) in [5.74, 6) is -0.820. The summed E-state index contributed by atoms with van der Waals surface area (Å²) in [6.45, 7) is 0. The van der Waals surface area contributed by atoms with Gasteiger partial charge in [-0.25, -0.2) is 4.79 Å². The average molecular weight is 293 g/mol. The summed E-state index contributed by atoms with van der Waals surface area (Å²) >= 11 is 5.99. The molecule has 1 aliphatic rings. The lowest BCUT2D eigenvalue weighted by molar-refractivity contribution is -0.142. The summed E-state index contributed by atoms with van der Waals surface area (Å²) in [5, 5.41) is 21.9. The predicted molar refractivity (Wildman–Crippen MR) is 77.9 cm³/mol. The van der Waals surface area contributed by atoms with E-state index in [1.54, 1.807) is 18.2 Å². The molecule has 1 aromatic carbocycles. The number of nitriles is 1. The Kier molecular flexibility index (Phi) is 4.51. The number of benzene rings is 1. The van der Waals surface area contributed by atoms with Gasteiger partial charge in [0, 0.05) is 5.69 Å². The summed E-state index contributed by atoms with van der Waals surface area (Å²) in [6, 6.07) is 6.93. The Bertz CT molecular complexity index is 543. The lowest BCUT2D eigenvalue weighted by Crippen LogP contribution is -2.46. The van der Waals surface area contributed by atoms with Crippen LogP contribution in [0.2, 0.25) is 5.02 Å². The van der Waals surface area contributed by atoms with Crippen molar-refractivity contribution < 1.29 is 9.90 Å². The number of hydrogen-bond acceptors (Lipinski definition) is 3. The van der Waals surface area contributed by atoms with Crippen LogP contribution in [0.1, 0.15) is 44.1 Å². The van der Waals surface area contributed by atoms with Crippen molar-refractivity contribution in [2.45, 2.75) is 44.1 Å². The van der Waals surface area contributed by atoms with Gasteiger partial charge in [0.05, 0.1) is 10.6 Å². The first-order valence-electron chi connectivity index (χ1n) is 6.79. The molecule has 0 spiro atoms. The van der Waals surface area contributed by atoms with E-state index >= 15 is 0 Å². The van der Waals surface area contributed by atoms with Crippen LogP contribution in [0.3, 0.4) is 0 Å². The van der Waals surface area contributed by atoms with Crippen LogP contribution >= 0.6 is 11.6 Å². The summed E-state index contributed by atoms with van der Waals surface area (Å²) in [6.07, 6.45) is 5.18. The van der Waals surface area contributed by atoms with Gasteiger partial charge < -0.3 is 10.4 Å². The Labute approximate surface area is 123 Å². The van der Waals surface area contributed by atoms with Gasteiger partial charge >= 0.3 is 5.97 Å². The fourth-order valence-corrected chi connectivity index (χ4v) is 2.91. The first kappa shape index (κ1) is 14.7. The molecule has 1 fully saturated rings. The quantitative estimate of drug-likeness (QED) is 0.831. The first-order chi connectivity index (χ1) is 9.57. The smallest absolute Gasteiger partial charge is 0.329 e. The number of carboxylic acid groups (broad SMARTS) is 1. The Morgan fingerprint density at radius 2 is 1.95 bits per heavy atom. The zero-order valence-electron chi connectivity index (χ0n) is 11.2. The Balaban J connectivity index is 2.26. The second-order valence-corrected chi connectivity index (χ2v) is 5.64.